The lowest BCUT2D eigenvalue weighted by atomic mass is 10.2. The molecule has 0 saturated heterocycles. The molecule has 9 nitrogen and oxygen atoms in total. The highest BCUT2D eigenvalue weighted by atomic mass is 32.2. The maximum Gasteiger partial charge on any atom is 0.330 e. The summed E-state index contributed by atoms with van der Waals surface area (Å²) < 4.78 is 48.9. The third kappa shape index (κ3) is 6.29. The molecule has 0 aliphatic rings. The molecule has 1 unspecified atom stereocenters. The average Bonchev–Trinajstić information content (AvgIpc) is 3.30. The molecule has 0 radical (unpaired) electrons. The Hall–Kier alpha value is -2.89. The number of methoxy groups -OCH3 is 4. The fourth-order valence-electron chi connectivity index (χ4n) is 2.67. The van der Waals surface area contributed by atoms with Crippen molar-refractivity contribution in [2.45, 2.75) is 17.4 Å². The van der Waals surface area contributed by atoms with Gasteiger partial charge < -0.3 is 18.9 Å². The summed E-state index contributed by atoms with van der Waals surface area (Å²) >= 11 is 1.30. The molecule has 1 atom stereocenters. The second kappa shape index (κ2) is 10.9. The quantitative estimate of drug-likeness (QED) is 0.417. The highest BCUT2D eigenvalue weighted by Gasteiger charge is 2.29. The van der Waals surface area contributed by atoms with E-state index in [4.69, 9.17) is 14.2 Å². The molecule has 2 rings (SSSR count). The summed E-state index contributed by atoms with van der Waals surface area (Å²) in [6.07, 6.45) is 2.34. The van der Waals surface area contributed by atoms with Crippen molar-refractivity contribution in [3.63, 3.8) is 0 Å². The number of sulfonamides is 1. The zero-order chi connectivity index (χ0) is 23.0. The molecule has 31 heavy (non-hydrogen) atoms. The minimum atomic E-state index is -4.19. The molecule has 1 aromatic heterocycles. The van der Waals surface area contributed by atoms with Crippen LogP contribution in [0.4, 0.5) is 0 Å². The fraction of sp³-hybridized carbons (Fsp3) is 0.300. The first kappa shape index (κ1) is 24.4. The summed E-state index contributed by atoms with van der Waals surface area (Å²) in [5.74, 6) is -1.04. The van der Waals surface area contributed by atoms with E-state index in [2.05, 4.69) is 9.46 Å². The van der Waals surface area contributed by atoms with E-state index < -0.39 is 28.0 Å². The normalized spacial score (nSPS) is 12.4. The second-order valence-electron chi connectivity index (χ2n) is 6.08. The number of carbonyl (C=O) groups is 2. The zero-order valence-electron chi connectivity index (χ0n) is 17.4. The molecule has 1 heterocycles. The van der Waals surface area contributed by atoms with E-state index in [1.807, 2.05) is 0 Å². The van der Waals surface area contributed by atoms with Crippen LogP contribution in [0.25, 0.3) is 6.08 Å². The van der Waals surface area contributed by atoms with Gasteiger partial charge in [0, 0.05) is 11.0 Å². The molecular formula is C20H23NO8S2. The van der Waals surface area contributed by atoms with Crippen LogP contribution in [0, 0.1) is 0 Å². The van der Waals surface area contributed by atoms with Crippen molar-refractivity contribution in [2.75, 3.05) is 28.4 Å². The summed E-state index contributed by atoms with van der Waals surface area (Å²) in [6.45, 7) is 0. The van der Waals surface area contributed by atoms with Crippen LogP contribution in [0.1, 0.15) is 22.9 Å². The molecule has 0 amide bonds. The van der Waals surface area contributed by atoms with Crippen LogP contribution in [0.2, 0.25) is 0 Å². The first-order valence-electron chi connectivity index (χ1n) is 8.90. The smallest absolute Gasteiger partial charge is 0.330 e. The number of ether oxygens (including phenoxy) is 4. The summed E-state index contributed by atoms with van der Waals surface area (Å²) in [6, 6.07) is 5.46. The minimum absolute atomic E-state index is 0.0202. The molecule has 0 saturated carbocycles. The van der Waals surface area contributed by atoms with Gasteiger partial charge in [-0.1, -0.05) is 6.07 Å². The molecule has 0 fully saturated rings. The third-order valence-corrected chi connectivity index (χ3v) is 6.62. The maximum atomic E-state index is 13.3. The highest BCUT2D eigenvalue weighted by Crippen LogP contribution is 2.37. The van der Waals surface area contributed by atoms with Gasteiger partial charge in [0.2, 0.25) is 10.0 Å². The van der Waals surface area contributed by atoms with Gasteiger partial charge in [-0.05, 0) is 35.2 Å². The van der Waals surface area contributed by atoms with Crippen LogP contribution in [-0.4, -0.2) is 48.8 Å². The topological polar surface area (TPSA) is 117 Å². The van der Waals surface area contributed by atoms with Crippen LogP contribution >= 0.6 is 11.3 Å². The predicted molar refractivity (Wildman–Crippen MR) is 115 cm³/mol. The number of thiophene rings is 1. The van der Waals surface area contributed by atoms with E-state index in [1.165, 1.54) is 58.0 Å². The monoisotopic (exact) mass is 469 g/mol. The average molecular weight is 470 g/mol. The number of hydrogen-bond acceptors (Lipinski definition) is 9. The lowest BCUT2D eigenvalue weighted by Crippen LogP contribution is -2.30. The van der Waals surface area contributed by atoms with E-state index in [9.17, 15) is 18.0 Å². The number of nitrogens with one attached hydrogen (secondary N) is 1. The number of rotatable bonds is 10. The summed E-state index contributed by atoms with van der Waals surface area (Å²) in [7, 11) is 0.945. The number of carbonyl (C=O) groups excluding carboxylic acids is 2. The van der Waals surface area contributed by atoms with Gasteiger partial charge in [0.25, 0.3) is 0 Å². The Morgan fingerprint density at radius 3 is 2.42 bits per heavy atom. The Morgan fingerprint density at radius 1 is 1.13 bits per heavy atom. The number of esters is 2. The van der Waals surface area contributed by atoms with Crippen LogP contribution < -0.4 is 14.2 Å². The lowest BCUT2D eigenvalue weighted by molar-refractivity contribution is -0.141. The van der Waals surface area contributed by atoms with Gasteiger partial charge in [-0.25, -0.2) is 17.9 Å². The third-order valence-electron chi connectivity index (χ3n) is 4.15. The Kier molecular flexibility index (Phi) is 8.60. The Morgan fingerprint density at radius 2 is 1.87 bits per heavy atom. The predicted octanol–water partition coefficient (Wildman–Crippen LogP) is 2.53. The second-order valence-corrected chi connectivity index (χ2v) is 8.74. The van der Waals surface area contributed by atoms with Gasteiger partial charge in [0.1, 0.15) is 4.90 Å². The van der Waals surface area contributed by atoms with E-state index >= 15 is 0 Å². The highest BCUT2D eigenvalue weighted by molar-refractivity contribution is 7.89. The van der Waals surface area contributed by atoms with Gasteiger partial charge in [-0.3, -0.25) is 4.79 Å². The standard InChI is InChI=1S/C20H23NO8S2/c1-26-15-10-13(7-8-18(22)27-2)11-17(20(15)29-4)31(24,25)21-14(12-19(23)28-3)16-6-5-9-30-16/h5-11,14,21H,12H2,1-4H3/b8-7+. The van der Waals surface area contributed by atoms with Crippen LogP contribution in [0.15, 0.2) is 40.6 Å². The van der Waals surface area contributed by atoms with Crippen molar-refractivity contribution in [1.29, 1.82) is 0 Å². The molecule has 0 spiro atoms. The minimum Gasteiger partial charge on any atom is -0.493 e. The Balaban J connectivity index is 2.52. The van der Waals surface area contributed by atoms with Gasteiger partial charge >= 0.3 is 11.9 Å². The molecule has 1 aromatic carbocycles. The van der Waals surface area contributed by atoms with Gasteiger partial charge in [-0.15, -0.1) is 11.3 Å². The van der Waals surface area contributed by atoms with Crippen molar-refractivity contribution < 1.29 is 37.0 Å². The summed E-state index contributed by atoms with van der Waals surface area (Å²) in [5.41, 5.74) is 0.365. The number of hydrogen-bond donors (Lipinski definition) is 1. The van der Waals surface area contributed by atoms with Crippen LogP contribution in [-0.2, 0) is 29.1 Å². The van der Waals surface area contributed by atoms with Crippen LogP contribution in [0.3, 0.4) is 0 Å². The molecular weight excluding hydrogens is 446 g/mol. The molecule has 0 aliphatic heterocycles. The maximum absolute atomic E-state index is 13.3. The summed E-state index contributed by atoms with van der Waals surface area (Å²) in [5, 5.41) is 1.77. The molecule has 0 aliphatic carbocycles. The summed E-state index contributed by atoms with van der Waals surface area (Å²) in [4.78, 5) is 23.7. The van der Waals surface area contributed by atoms with E-state index in [1.54, 1.807) is 17.5 Å². The molecule has 0 bridgehead atoms. The van der Waals surface area contributed by atoms with E-state index in [0.717, 1.165) is 6.08 Å². The first-order valence-corrected chi connectivity index (χ1v) is 11.3. The van der Waals surface area contributed by atoms with Gasteiger partial charge in [0.15, 0.2) is 11.5 Å². The molecule has 1 N–H and O–H groups in total. The fourth-order valence-corrected chi connectivity index (χ4v) is 4.95. The molecule has 168 valence electrons. The van der Waals surface area contributed by atoms with Crippen molar-refractivity contribution in [2.24, 2.45) is 0 Å². The van der Waals surface area contributed by atoms with E-state index in [0.29, 0.717) is 10.4 Å². The van der Waals surface area contributed by atoms with Crippen molar-refractivity contribution >= 4 is 39.4 Å². The van der Waals surface area contributed by atoms with E-state index in [-0.39, 0.29) is 22.8 Å². The molecule has 2 aromatic rings. The van der Waals surface area contributed by atoms with Gasteiger partial charge in [-0.2, -0.15) is 0 Å². The SMILES string of the molecule is COC(=O)/C=C/c1cc(OC)c(OC)c(S(=O)(=O)NC(CC(=O)OC)c2cccs2)c1. The first-order chi connectivity index (χ1) is 14.7. The Bertz CT molecular complexity index is 1050. The van der Waals surface area contributed by atoms with Gasteiger partial charge in [0.05, 0.1) is 40.9 Å². The van der Waals surface area contributed by atoms with Crippen molar-refractivity contribution in [3.05, 3.63) is 46.2 Å². The lowest BCUT2D eigenvalue weighted by Gasteiger charge is -2.19. The zero-order valence-corrected chi connectivity index (χ0v) is 19.0. The van der Waals surface area contributed by atoms with Crippen LogP contribution in [0.5, 0.6) is 11.5 Å². The largest absolute Gasteiger partial charge is 0.493 e. The van der Waals surface area contributed by atoms with Crippen molar-refractivity contribution in [1.82, 2.24) is 4.72 Å². The van der Waals surface area contributed by atoms with Crippen molar-refractivity contribution in [3.8, 4) is 11.5 Å². The number of benzene rings is 1. The Labute approximate surface area is 184 Å². The molecule has 11 heteroatoms.